The number of carbonyl (C=O) groups is 1. The second-order valence-corrected chi connectivity index (χ2v) is 7.92. The molecule has 0 aromatic heterocycles. The molecular weight excluding hydrogens is 399 g/mol. The summed E-state index contributed by atoms with van der Waals surface area (Å²) in [7, 11) is 2.65. The minimum absolute atomic E-state index is 0.0614. The SMILES string of the molecule is CO/N=C(/C(=O)OC)c1ccccc1CO/N=C(/C)C1CC1(C)c1ccc(F)c(C)c1. The van der Waals surface area contributed by atoms with E-state index in [9.17, 15) is 9.18 Å². The Bertz CT molecular complexity index is 1030. The lowest BCUT2D eigenvalue weighted by molar-refractivity contribution is -0.132. The van der Waals surface area contributed by atoms with Gasteiger partial charge in [0.15, 0.2) is 5.71 Å². The standard InChI is InChI=1S/C24H27FN2O4/c1-15-12-18(10-11-21(15)25)24(3)13-20(24)16(2)26-31-14-17-8-6-7-9-19(17)22(27-30-5)23(28)29-4/h6-12,20H,13-14H2,1-5H3/b26-16-,27-22+. The van der Waals surface area contributed by atoms with Gasteiger partial charge in [0, 0.05) is 22.5 Å². The van der Waals surface area contributed by atoms with Crippen LogP contribution in [0.5, 0.6) is 0 Å². The number of benzene rings is 2. The Morgan fingerprint density at radius 3 is 2.61 bits per heavy atom. The van der Waals surface area contributed by atoms with Crippen LogP contribution in [0.4, 0.5) is 4.39 Å². The Balaban J connectivity index is 1.71. The molecule has 164 valence electrons. The van der Waals surface area contributed by atoms with Gasteiger partial charge < -0.3 is 14.4 Å². The maximum absolute atomic E-state index is 13.6. The summed E-state index contributed by atoms with van der Waals surface area (Å²) in [4.78, 5) is 22.5. The highest BCUT2D eigenvalue weighted by Gasteiger charge is 2.53. The van der Waals surface area contributed by atoms with E-state index < -0.39 is 5.97 Å². The molecule has 1 aliphatic carbocycles. The van der Waals surface area contributed by atoms with Gasteiger partial charge in [-0.2, -0.15) is 0 Å². The average Bonchev–Trinajstić information content (AvgIpc) is 3.47. The van der Waals surface area contributed by atoms with Gasteiger partial charge in [-0.3, -0.25) is 0 Å². The summed E-state index contributed by atoms with van der Waals surface area (Å²) in [6, 6.07) is 12.5. The predicted octanol–water partition coefficient (Wildman–Crippen LogP) is 4.53. The summed E-state index contributed by atoms with van der Waals surface area (Å²) < 4.78 is 18.4. The fourth-order valence-corrected chi connectivity index (χ4v) is 3.82. The van der Waals surface area contributed by atoms with E-state index >= 15 is 0 Å². The lowest BCUT2D eigenvalue weighted by Crippen LogP contribution is -2.19. The number of halogens is 1. The van der Waals surface area contributed by atoms with Crippen molar-refractivity contribution in [2.45, 2.75) is 39.2 Å². The Labute approximate surface area is 181 Å². The molecule has 3 rings (SSSR count). The minimum Gasteiger partial charge on any atom is -0.464 e. The summed E-state index contributed by atoms with van der Waals surface area (Å²) in [5.74, 6) is -0.564. The van der Waals surface area contributed by atoms with Crippen LogP contribution in [0.15, 0.2) is 52.8 Å². The van der Waals surface area contributed by atoms with Crippen molar-refractivity contribution in [1.82, 2.24) is 0 Å². The van der Waals surface area contributed by atoms with Crippen molar-refractivity contribution in [3.63, 3.8) is 0 Å². The number of ether oxygens (including phenoxy) is 1. The molecule has 0 aliphatic heterocycles. The van der Waals surface area contributed by atoms with Gasteiger partial charge in [-0.25, -0.2) is 9.18 Å². The van der Waals surface area contributed by atoms with Gasteiger partial charge >= 0.3 is 5.97 Å². The third kappa shape index (κ3) is 4.76. The van der Waals surface area contributed by atoms with Gasteiger partial charge in [-0.15, -0.1) is 0 Å². The molecule has 0 bridgehead atoms. The van der Waals surface area contributed by atoms with Gasteiger partial charge in [0.2, 0.25) is 0 Å². The summed E-state index contributed by atoms with van der Waals surface area (Å²) in [5, 5.41) is 8.11. The van der Waals surface area contributed by atoms with E-state index in [0.29, 0.717) is 11.1 Å². The van der Waals surface area contributed by atoms with E-state index in [1.165, 1.54) is 20.3 Å². The van der Waals surface area contributed by atoms with E-state index in [0.717, 1.165) is 23.3 Å². The van der Waals surface area contributed by atoms with E-state index in [1.807, 2.05) is 31.2 Å². The molecule has 0 N–H and O–H groups in total. The Hall–Kier alpha value is -3.22. The number of oxime groups is 2. The van der Waals surface area contributed by atoms with E-state index in [2.05, 4.69) is 17.2 Å². The average molecular weight is 426 g/mol. The second-order valence-electron chi connectivity index (χ2n) is 7.92. The number of carbonyl (C=O) groups excluding carboxylic acids is 1. The van der Waals surface area contributed by atoms with Crippen molar-refractivity contribution in [3.8, 4) is 0 Å². The molecule has 2 atom stereocenters. The van der Waals surface area contributed by atoms with Crippen LogP contribution < -0.4 is 0 Å². The van der Waals surface area contributed by atoms with Gasteiger partial charge in [0.25, 0.3) is 0 Å². The molecule has 0 amide bonds. The number of esters is 1. The van der Waals surface area contributed by atoms with Crippen LogP contribution in [0.1, 0.15) is 42.5 Å². The van der Waals surface area contributed by atoms with Crippen molar-refractivity contribution in [2.75, 3.05) is 14.2 Å². The lowest BCUT2D eigenvalue weighted by atomic mass is 9.93. The van der Waals surface area contributed by atoms with Crippen molar-refractivity contribution in [1.29, 1.82) is 0 Å². The second kappa shape index (κ2) is 9.29. The number of rotatable bonds is 8. The molecule has 1 saturated carbocycles. The van der Waals surface area contributed by atoms with Gasteiger partial charge in [-0.05, 0) is 37.5 Å². The van der Waals surface area contributed by atoms with Crippen LogP contribution in [-0.4, -0.2) is 31.6 Å². The first-order valence-electron chi connectivity index (χ1n) is 10.0. The van der Waals surface area contributed by atoms with Crippen molar-refractivity contribution in [2.24, 2.45) is 16.2 Å². The zero-order chi connectivity index (χ0) is 22.6. The normalized spacial score (nSPS) is 20.9. The number of nitrogens with zero attached hydrogens (tertiary/aromatic N) is 2. The summed E-state index contributed by atoms with van der Waals surface area (Å²) in [6.45, 7) is 6.02. The highest BCUT2D eigenvalue weighted by molar-refractivity contribution is 6.43. The highest BCUT2D eigenvalue weighted by Crippen LogP contribution is 2.54. The van der Waals surface area contributed by atoms with Crippen LogP contribution in [0, 0.1) is 18.7 Å². The number of hydrogen-bond donors (Lipinski definition) is 0. The molecule has 2 aromatic carbocycles. The third-order valence-corrected chi connectivity index (χ3v) is 5.82. The quantitative estimate of drug-likeness (QED) is 0.353. The third-order valence-electron chi connectivity index (χ3n) is 5.82. The molecule has 0 saturated heterocycles. The van der Waals surface area contributed by atoms with E-state index in [4.69, 9.17) is 14.4 Å². The van der Waals surface area contributed by atoms with Gasteiger partial charge in [-0.1, -0.05) is 53.6 Å². The fourth-order valence-electron chi connectivity index (χ4n) is 3.82. The molecule has 7 heteroatoms. The molecule has 1 fully saturated rings. The largest absolute Gasteiger partial charge is 0.464 e. The van der Waals surface area contributed by atoms with Crippen LogP contribution in [0.25, 0.3) is 0 Å². The molecule has 0 spiro atoms. The fraction of sp³-hybridized carbons (Fsp3) is 0.375. The van der Waals surface area contributed by atoms with Crippen LogP contribution in [-0.2, 0) is 31.2 Å². The predicted molar refractivity (Wildman–Crippen MR) is 116 cm³/mol. The van der Waals surface area contributed by atoms with Crippen molar-refractivity contribution < 1.29 is 23.6 Å². The van der Waals surface area contributed by atoms with Gasteiger partial charge in [0.1, 0.15) is 19.5 Å². The molecule has 2 unspecified atom stereocenters. The maximum Gasteiger partial charge on any atom is 0.360 e. The topological polar surface area (TPSA) is 69.5 Å². The van der Waals surface area contributed by atoms with Crippen molar-refractivity contribution in [3.05, 3.63) is 70.5 Å². The summed E-state index contributed by atoms with van der Waals surface area (Å²) in [5.41, 5.74) is 3.90. The summed E-state index contributed by atoms with van der Waals surface area (Å²) in [6.07, 6.45) is 0.931. The molecule has 6 nitrogen and oxygen atoms in total. The van der Waals surface area contributed by atoms with E-state index in [1.54, 1.807) is 19.1 Å². The zero-order valence-corrected chi connectivity index (χ0v) is 18.4. The Morgan fingerprint density at radius 2 is 1.94 bits per heavy atom. The molecule has 1 aliphatic rings. The molecule has 2 aromatic rings. The van der Waals surface area contributed by atoms with Crippen LogP contribution in [0.2, 0.25) is 0 Å². The monoisotopic (exact) mass is 426 g/mol. The van der Waals surface area contributed by atoms with Crippen LogP contribution >= 0.6 is 0 Å². The number of hydrogen-bond acceptors (Lipinski definition) is 6. The Kier molecular flexibility index (Phi) is 6.73. The lowest BCUT2D eigenvalue weighted by Gasteiger charge is -2.13. The smallest absolute Gasteiger partial charge is 0.360 e. The zero-order valence-electron chi connectivity index (χ0n) is 18.4. The van der Waals surface area contributed by atoms with E-state index in [-0.39, 0.29) is 29.5 Å². The molecule has 0 radical (unpaired) electrons. The number of aryl methyl sites for hydroxylation is 1. The first-order chi connectivity index (χ1) is 14.8. The summed E-state index contributed by atoms with van der Waals surface area (Å²) >= 11 is 0. The first-order valence-corrected chi connectivity index (χ1v) is 10.0. The van der Waals surface area contributed by atoms with Crippen LogP contribution in [0.3, 0.4) is 0 Å². The molecular formula is C24H27FN2O4. The van der Waals surface area contributed by atoms with Crippen molar-refractivity contribution >= 4 is 17.4 Å². The molecule has 0 heterocycles. The molecule has 31 heavy (non-hydrogen) atoms. The maximum atomic E-state index is 13.6. The Morgan fingerprint density at radius 1 is 1.19 bits per heavy atom. The first kappa shape index (κ1) is 22.5. The van der Waals surface area contributed by atoms with Gasteiger partial charge in [0.05, 0.1) is 12.8 Å². The highest BCUT2D eigenvalue weighted by atomic mass is 19.1. The minimum atomic E-state index is -0.600. The number of methoxy groups -OCH3 is 1.